The van der Waals surface area contributed by atoms with E-state index in [2.05, 4.69) is 40.5 Å². The van der Waals surface area contributed by atoms with Crippen LogP contribution < -0.4 is 10.9 Å². The van der Waals surface area contributed by atoms with Gasteiger partial charge in [-0.15, -0.1) is 0 Å². The molecule has 0 aliphatic carbocycles. The molecule has 1 amide bonds. The first-order valence-electron chi connectivity index (χ1n) is 9.84. The van der Waals surface area contributed by atoms with Gasteiger partial charge >= 0.3 is 0 Å². The van der Waals surface area contributed by atoms with Crippen molar-refractivity contribution < 1.29 is 4.79 Å². The maximum Gasteiger partial charge on any atom is 0.250 e. The van der Waals surface area contributed by atoms with Crippen molar-refractivity contribution in [3.63, 3.8) is 0 Å². The van der Waals surface area contributed by atoms with E-state index >= 15 is 0 Å². The molecule has 3 rings (SSSR count). The maximum atomic E-state index is 12.2. The number of carbonyl (C=O) groups is 1. The molecule has 0 spiro atoms. The van der Waals surface area contributed by atoms with Crippen LogP contribution in [0.25, 0.3) is 0 Å². The predicted octanol–water partition coefficient (Wildman–Crippen LogP) is 2.54. The number of aromatic nitrogens is 1. The van der Waals surface area contributed by atoms with Gasteiger partial charge in [0.25, 0.3) is 5.56 Å². The van der Waals surface area contributed by atoms with E-state index in [9.17, 15) is 9.59 Å². The number of nitrogens with one attached hydrogen (secondary N) is 1. The van der Waals surface area contributed by atoms with E-state index in [1.54, 1.807) is 16.7 Å². The standard InChI is InChI=1S/C22H29N3O2/c1-18-7-5-10-22(27)25(18)14-6-13-23-21(26)17-24-15-11-20(12-16-24)19-8-3-2-4-9-19/h2-5,7-10,20H,6,11-17H2,1H3,(H,23,26). The number of pyridine rings is 1. The molecule has 5 nitrogen and oxygen atoms in total. The number of piperidine rings is 1. The Morgan fingerprint density at radius 3 is 2.52 bits per heavy atom. The van der Waals surface area contributed by atoms with Crippen LogP contribution in [0.1, 0.15) is 36.4 Å². The minimum Gasteiger partial charge on any atom is -0.355 e. The van der Waals surface area contributed by atoms with Gasteiger partial charge < -0.3 is 9.88 Å². The van der Waals surface area contributed by atoms with Gasteiger partial charge in [-0.2, -0.15) is 0 Å². The lowest BCUT2D eigenvalue weighted by Crippen LogP contribution is -2.41. The Morgan fingerprint density at radius 2 is 1.81 bits per heavy atom. The fraction of sp³-hybridized carbons (Fsp3) is 0.455. The highest BCUT2D eigenvalue weighted by atomic mass is 16.2. The Morgan fingerprint density at radius 1 is 1.07 bits per heavy atom. The molecule has 1 aliphatic rings. The molecule has 27 heavy (non-hydrogen) atoms. The van der Waals surface area contributed by atoms with Gasteiger partial charge in [-0.3, -0.25) is 14.5 Å². The summed E-state index contributed by atoms with van der Waals surface area (Å²) in [4.78, 5) is 26.3. The van der Waals surface area contributed by atoms with Gasteiger partial charge in [-0.25, -0.2) is 0 Å². The lowest BCUT2D eigenvalue weighted by atomic mass is 9.89. The van der Waals surface area contributed by atoms with Crippen molar-refractivity contribution in [1.82, 2.24) is 14.8 Å². The third-order valence-electron chi connectivity index (χ3n) is 5.37. The van der Waals surface area contributed by atoms with E-state index in [-0.39, 0.29) is 11.5 Å². The van der Waals surface area contributed by atoms with E-state index in [1.807, 2.05) is 13.0 Å². The predicted molar refractivity (Wildman–Crippen MR) is 108 cm³/mol. The zero-order valence-corrected chi connectivity index (χ0v) is 16.1. The molecule has 2 aromatic rings. The average molecular weight is 367 g/mol. The molecule has 1 saturated heterocycles. The molecular weight excluding hydrogens is 338 g/mol. The quantitative estimate of drug-likeness (QED) is 0.765. The molecule has 0 bridgehead atoms. The van der Waals surface area contributed by atoms with Crippen LogP contribution in [0.2, 0.25) is 0 Å². The number of hydrogen-bond acceptors (Lipinski definition) is 3. The molecule has 144 valence electrons. The van der Waals surface area contributed by atoms with Crippen LogP contribution in [-0.4, -0.2) is 41.6 Å². The van der Waals surface area contributed by atoms with Crippen molar-refractivity contribution >= 4 is 5.91 Å². The third kappa shape index (κ3) is 5.54. The highest BCUT2D eigenvalue weighted by Crippen LogP contribution is 2.27. The Bertz CT molecular complexity index is 793. The van der Waals surface area contributed by atoms with Crippen LogP contribution in [0.15, 0.2) is 53.3 Å². The van der Waals surface area contributed by atoms with E-state index < -0.39 is 0 Å². The van der Waals surface area contributed by atoms with Crippen molar-refractivity contribution in [1.29, 1.82) is 0 Å². The second-order valence-corrected chi connectivity index (χ2v) is 7.32. The number of carbonyl (C=O) groups excluding carboxylic acids is 1. The number of aryl methyl sites for hydroxylation is 1. The Balaban J connectivity index is 1.35. The first-order chi connectivity index (χ1) is 13.1. The molecule has 0 atom stereocenters. The smallest absolute Gasteiger partial charge is 0.250 e. The van der Waals surface area contributed by atoms with Crippen molar-refractivity contribution in [3.8, 4) is 0 Å². The minimum absolute atomic E-state index is 0.0163. The van der Waals surface area contributed by atoms with E-state index in [0.717, 1.165) is 38.0 Å². The number of hydrogen-bond donors (Lipinski definition) is 1. The van der Waals surface area contributed by atoms with Crippen LogP contribution in [0.3, 0.4) is 0 Å². The normalized spacial score (nSPS) is 15.6. The van der Waals surface area contributed by atoms with E-state index in [0.29, 0.717) is 25.6 Å². The monoisotopic (exact) mass is 367 g/mol. The third-order valence-corrected chi connectivity index (χ3v) is 5.37. The Labute approximate surface area is 161 Å². The number of nitrogens with zero attached hydrogens (tertiary/aromatic N) is 2. The molecule has 2 heterocycles. The molecule has 0 radical (unpaired) electrons. The summed E-state index contributed by atoms with van der Waals surface area (Å²) < 4.78 is 1.75. The number of rotatable bonds is 7. The van der Waals surface area contributed by atoms with E-state index in [1.165, 1.54) is 5.56 Å². The number of benzene rings is 1. The number of amides is 1. The Kier molecular flexibility index (Phi) is 6.82. The molecular formula is C22H29N3O2. The maximum absolute atomic E-state index is 12.2. The Hall–Kier alpha value is -2.40. The molecule has 0 saturated carbocycles. The lowest BCUT2D eigenvalue weighted by molar-refractivity contribution is -0.122. The zero-order valence-electron chi connectivity index (χ0n) is 16.1. The van der Waals surface area contributed by atoms with Gasteiger partial charge in [0.1, 0.15) is 0 Å². The van der Waals surface area contributed by atoms with Crippen molar-refractivity contribution in [2.75, 3.05) is 26.2 Å². The van der Waals surface area contributed by atoms with Crippen LogP contribution in [0.4, 0.5) is 0 Å². The fourth-order valence-corrected chi connectivity index (χ4v) is 3.78. The summed E-state index contributed by atoms with van der Waals surface area (Å²) in [6.07, 6.45) is 2.97. The number of likely N-dealkylation sites (tertiary alicyclic amines) is 1. The zero-order chi connectivity index (χ0) is 19.1. The van der Waals surface area contributed by atoms with Crippen LogP contribution in [0.5, 0.6) is 0 Å². The van der Waals surface area contributed by atoms with Gasteiger partial charge in [0, 0.05) is 24.8 Å². The second kappa shape index (κ2) is 9.51. The molecule has 0 unspecified atom stereocenters. The molecule has 1 aliphatic heterocycles. The van der Waals surface area contributed by atoms with Crippen LogP contribution in [-0.2, 0) is 11.3 Å². The van der Waals surface area contributed by atoms with E-state index in [4.69, 9.17) is 0 Å². The average Bonchev–Trinajstić information content (AvgIpc) is 2.68. The first-order valence-corrected chi connectivity index (χ1v) is 9.84. The minimum atomic E-state index is 0.0163. The topological polar surface area (TPSA) is 54.3 Å². The van der Waals surface area contributed by atoms with Crippen molar-refractivity contribution in [2.45, 2.75) is 38.6 Å². The van der Waals surface area contributed by atoms with Crippen LogP contribution >= 0.6 is 0 Å². The molecule has 5 heteroatoms. The summed E-state index contributed by atoms with van der Waals surface area (Å²) in [5.74, 6) is 0.684. The molecule has 1 fully saturated rings. The summed E-state index contributed by atoms with van der Waals surface area (Å²) in [5, 5.41) is 2.99. The highest BCUT2D eigenvalue weighted by Gasteiger charge is 2.21. The van der Waals surface area contributed by atoms with Crippen LogP contribution in [0, 0.1) is 6.92 Å². The van der Waals surface area contributed by atoms with Gasteiger partial charge in [-0.1, -0.05) is 36.4 Å². The lowest BCUT2D eigenvalue weighted by Gasteiger charge is -2.31. The summed E-state index contributed by atoms with van der Waals surface area (Å²) in [6, 6.07) is 15.9. The summed E-state index contributed by atoms with van der Waals surface area (Å²) >= 11 is 0. The summed E-state index contributed by atoms with van der Waals surface area (Å²) in [7, 11) is 0. The molecule has 1 N–H and O–H groups in total. The van der Waals surface area contributed by atoms with Gasteiger partial charge in [0.2, 0.25) is 5.91 Å². The summed E-state index contributed by atoms with van der Waals surface area (Å²) in [5.41, 5.74) is 2.38. The second-order valence-electron chi connectivity index (χ2n) is 7.32. The SMILES string of the molecule is Cc1cccc(=O)n1CCCNC(=O)CN1CCC(c2ccccc2)CC1. The molecule has 1 aromatic carbocycles. The highest BCUT2D eigenvalue weighted by molar-refractivity contribution is 5.77. The first kappa shape index (κ1) is 19.4. The van der Waals surface area contributed by atoms with Gasteiger partial charge in [0.05, 0.1) is 6.54 Å². The van der Waals surface area contributed by atoms with Crippen molar-refractivity contribution in [2.24, 2.45) is 0 Å². The fourth-order valence-electron chi connectivity index (χ4n) is 3.78. The molecule has 1 aromatic heterocycles. The largest absolute Gasteiger partial charge is 0.355 e. The van der Waals surface area contributed by atoms with Gasteiger partial charge in [0.15, 0.2) is 0 Å². The van der Waals surface area contributed by atoms with Crippen molar-refractivity contribution in [3.05, 3.63) is 70.1 Å². The van der Waals surface area contributed by atoms with Gasteiger partial charge in [-0.05, 0) is 56.8 Å². The summed E-state index contributed by atoms with van der Waals surface area (Å²) in [6.45, 7) is 5.55.